The number of sulfonamides is 1. The van der Waals surface area contributed by atoms with Crippen molar-refractivity contribution in [3.63, 3.8) is 0 Å². The molecule has 1 saturated heterocycles. The first kappa shape index (κ1) is 18.8. The highest BCUT2D eigenvalue weighted by molar-refractivity contribution is 7.88. The maximum absolute atomic E-state index is 13.1. The fourth-order valence-corrected chi connectivity index (χ4v) is 4.89. The quantitative estimate of drug-likeness (QED) is 0.716. The van der Waals surface area contributed by atoms with Crippen molar-refractivity contribution in [1.82, 2.24) is 24.6 Å². The van der Waals surface area contributed by atoms with E-state index >= 15 is 0 Å². The van der Waals surface area contributed by atoms with Crippen LogP contribution in [0.3, 0.4) is 0 Å². The van der Waals surface area contributed by atoms with Gasteiger partial charge in [-0.05, 0) is 12.1 Å². The number of fused-ring (bicyclic) bond motifs is 1. The largest absolute Gasteiger partial charge is 0.356 e. The average molecular weight is 398 g/mol. The van der Waals surface area contributed by atoms with E-state index in [1.165, 1.54) is 0 Å². The zero-order chi connectivity index (χ0) is 17.4. The SMILES string of the molecule is Cl.Cn1cc(C2CNCCN2S(=O)(=O)Cc2noc3ccccc23)cn1. The van der Waals surface area contributed by atoms with Crippen LogP contribution in [0.25, 0.3) is 11.0 Å². The van der Waals surface area contributed by atoms with Gasteiger partial charge in [-0.15, -0.1) is 12.4 Å². The van der Waals surface area contributed by atoms with Crippen LogP contribution >= 0.6 is 12.4 Å². The van der Waals surface area contributed by atoms with Crippen LogP contribution in [-0.4, -0.2) is 47.3 Å². The average Bonchev–Trinajstić information content (AvgIpc) is 3.22. The number of aromatic nitrogens is 3. The summed E-state index contributed by atoms with van der Waals surface area (Å²) in [6.45, 7) is 1.59. The van der Waals surface area contributed by atoms with Crippen molar-refractivity contribution in [3.8, 4) is 0 Å². The molecule has 0 bridgehead atoms. The summed E-state index contributed by atoms with van der Waals surface area (Å²) in [5.74, 6) is -0.180. The lowest BCUT2D eigenvalue weighted by Gasteiger charge is -2.34. The second kappa shape index (κ2) is 7.36. The molecule has 1 atom stereocenters. The van der Waals surface area contributed by atoms with Gasteiger partial charge in [-0.2, -0.15) is 9.40 Å². The Hall–Kier alpha value is -1.94. The van der Waals surface area contributed by atoms with Crippen LogP contribution < -0.4 is 5.32 Å². The summed E-state index contributed by atoms with van der Waals surface area (Å²) < 4.78 is 34.6. The van der Waals surface area contributed by atoms with E-state index in [0.717, 1.165) is 10.9 Å². The lowest BCUT2D eigenvalue weighted by molar-refractivity contribution is 0.271. The van der Waals surface area contributed by atoms with Crippen molar-refractivity contribution < 1.29 is 12.9 Å². The van der Waals surface area contributed by atoms with Crippen molar-refractivity contribution in [2.24, 2.45) is 7.05 Å². The highest BCUT2D eigenvalue weighted by atomic mass is 35.5. The Morgan fingerprint density at radius 3 is 2.92 bits per heavy atom. The highest BCUT2D eigenvalue weighted by Gasteiger charge is 2.34. The van der Waals surface area contributed by atoms with E-state index in [1.807, 2.05) is 31.4 Å². The van der Waals surface area contributed by atoms with Crippen LogP contribution in [0.5, 0.6) is 0 Å². The van der Waals surface area contributed by atoms with Crippen LogP contribution in [0.4, 0.5) is 0 Å². The Morgan fingerprint density at radius 2 is 2.15 bits per heavy atom. The third-order valence-corrected chi connectivity index (χ3v) is 6.22. The number of hydrogen-bond acceptors (Lipinski definition) is 6. The number of piperazine rings is 1. The number of aryl methyl sites for hydroxylation is 1. The van der Waals surface area contributed by atoms with Crippen molar-refractivity contribution in [2.75, 3.05) is 19.6 Å². The van der Waals surface area contributed by atoms with E-state index in [-0.39, 0.29) is 24.2 Å². The predicted molar refractivity (Wildman–Crippen MR) is 99.4 cm³/mol. The zero-order valence-corrected chi connectivity index (χ0v) is 15.8. The van der Waals surface area contributed by atoms with E-state index < -0.39 is 10.0 Å². The molecule has 0 aliphatic carbocycles. The molecule has 1 aliphatic rings. The second-order valence-electron chi connectivity index (χ2n) is 6.16. The molecule has 4 rings (SSSR count). The van der Waals surface area contributed by atoms with Crippen molar-refractivity contribution in [3.05, 3.63) is 47.9 Å². The lowest BCUT2D eigenvalue weighted by Crippen LogP contribution is -2.48. The van der Waals surface area contributed by atoms with Gasteiger partial charge in [-0.25, -0.2) is 8.42 Å². The molecule has 10 heteroatoms. The Bertz CT molecular complexity index is 1000. The molecule has 0 saturated carbocycles. The molecule has 140 valence electrons. The Balaban J connectivity index is 0.00000196. The van der Waals surface area contributed by atoms with Gasteiger partial charge in [0, 0.05) is 43.8 Å². The van der Waals surface area contributed by atoms with Crippen molar-refractivity contribution >= 4 is 33.4 Å². The molecular formula is C16H20ClN5O3S. The standard InChI is InChI=1S/C16H19N5O3S.ClH/c1-20-10-12(8-18-20)15-9-17-6-7-21(15)25(22,23)11-14-13-4-2-3-5-16(13)24-19-14;/h2-5,8,10,15,17H,6-7,9,11H2,1H3;1H. The van der Waals surface area contributed by atoms with E-state index in [9.17, 15) is 8.42 Å². The molecule has 0 spiro atoms. The summed E-state index contributed by atoms with van der Waals surface area (Å²) in [5.41, 5.74) is 1.92. The number of benzene rings is 1. The third-order valence-electron chi connectivity index (χ3n) is 4.43. The zero-order valence-electron chi connectivity index (χ0n) is 14.2. The molecule has 26 heavy (non-hydrogen) atoms. The summed E-state index contributed by atoms with van der Waals surface area (Å²) in [5, 5.41) is 12.1. The fraction of sp³-hybridized carbons (Fsp3) is 0.375. The first-order valence-electron chi connectivity index (χ1n) is 8.07. The van der Waals surface area contributed by atoms with Crippen molar-refractivity contribution in [2.45, 2.75) is 11.8 Å². The smallest absolute Gasteiger partial charge is 0.220 e. The van der Waals surface area contributed by atoms with Crippen LogP contribution in [0, 0.1) is 0 Å². The number of nitrogens with zero attached hydrogens (tertiary/aromatic N) is 4. The minimum Gasteiger partial charge on any atom is -0.356 e. The first-order chi connectivity index (χ1) is 12.0. The number of halogens is 1. The minimum absolute atomic E-state index is 0. The second-order valence-corrected chi connectivity index (χ2v) is 8.08. The summed E-state index contributed by atoms with van der Waals surface area (Å²) >= 11 is 0. The van der Waals surface area contributed by atoms with Gasteiger partial charge < -0.3 is 9.84 Å². The molecule has 2 aromatic heterocycles. The Morgan fingerprint density at radius 1 is 1.35 bits per heavy atom. The summed E-state index contributed by atoms with van der Waals surface area (Å²) in [4.78, 5) is 0. The highest BCUT2D eigenvalue weighted by Crippen LogP contribution is 2.28. The van der Waals surface area contributed by atoms with Gasteiger partial charge in [0.15, 0.2) is 5.58 Å². The molecule has 1 unspecified atom stereocenters. The molecule has 3 aromatic rings. The van der Waals surface area contributed by atoms with E-state index in [4.69, 9.17) is 4.52 Å². The molecule has 1 N–H and O–H groups in total. The molecule has 3 heterocycles. The first-order valence-corrected chi connectivity index (χ1v) is 9.67. The van der Waals surface area contributed by atoms with Crippen LogP contribution in [0.1, 0.15) is 17.3 Å². The van der Waals surface area contributed by atoms with Crippen LogP contribution in [0.2, 0.25) is 0 Å². The van der Waals surface area contributed by atoms with E-state index in [2.05, 4.69) is 15.6 Å². The maximum atomic E-state index is 13.1. The summed E-state index contributed by atoms with van der Waals surface area (Å²) in [6.07, 6.45) is 3.57. The van der Waals surface area contributed by atoms with Gasteiger partial charge >= 0.3 is 0 Å². The molecule has 0 radical (unpaired) electrons. The number of nitrogens with one attached hydrogen (secondary N) is 1. The lowest BCUT2D eigenvalue weighted by atomic mass is 10.1. The number of rotatable bonds is 4. The van der Waals surface area contributed by atoms with E-state index in [0.29, 0.717) is 30.9 Å². The van der Waals surface area contributed by atoms with Gasteiger partial charge in [0.1, 0.15) is 11.4 Å². The number of hydrogen-bond donors (Lipinski definition) is 1. The Labute approximate surface area is 157 Å². The van der Waals surface area contributed by atoms with Crippen LogP contribution in [0.15, 0.2) is 41.2 Å². The molecule has 1 aromatic carbocycles. The van der Waals surface area contributed by atoms with Gasteiger partial charge in [-0.3, -0.25) is 4.68 Å². The van der Waals surface area contributed by atoms with Gasteiger partial charge in [0.05, 0.1) is 12.2 Å². The molecular weight excluding hydrogens is 378 g/mol. The number of para-hydroxylation sites is 1. The minimum atomic E-state index is -3.55. The van der Waals surface area contributed by atoms with Gasteiger partial charge in [0.2, 0.25) is 10.0 Å². The summed E-state index contributed by atoms with van der Waals surface area (Å²) in [7, 11) is -1.73. The van der Waals surface area contributed by atoms with Crippen LogP contribution in [-0.2, 0) is 22.8 Å². The van der Waals surface area contributed by atoms with Gasteiger partial charge in [-0.1, -0.05) is 17.3 Å². The third kappa shape index (κ3) is 3.48. The molecule has 1 aliphatic heterocycles. The molecule has 8 nitrogen and oxygen atoms in total. The Kier molecular flexibility index (Phi) is 5.33. The fourth-order valence-electron chi connectivity index (χ4n) is 3.21. The monoisotopic (exact) mass is 397 g/mol. The van der Waals surface area contributed by atoms with Gasteiger partial charge in [0.25, 0.3) is 0 Å². The summed E-state index contributed by atoms with van der Waals surface area (Å²) in [6, 6.07) is 7.01. The molecule has 1 fully saturated rings. The topological polar surface area (TPSA) is 93.3 Å². The predicted octanol–water partition coefficient (Wildman–Crippen LogP) is 1.46. The normalized spacial score (nSPS) is 18.7. The maximum Gasteiger partial charge on any atom is 0.220 e. The molecule has 0 amide bonds. The van der Waals surface area contributed by atoms with Crippen molar-refractivity contribution in [1.29, 1.82) is 0 Å². The van der Waals surface area contributed by atoms with E-state index in [1.54, 1.807) is 21.3 Å².